The van der Waals surface area contributed by atoms with Crippen LogP contribution < -0.4 is 5.32 Å². The van der Waals surface area contributed by atoms with Gasteiger partial charge in [-0.25, -0.2) is 12.7 Å². The molecule has 0 amide bonds. The monoisotopic (exact) mass is 335 g/mol. The summed E-state index contributed by atoms with van der Waals surface area (Å²) in [6.07, 6.45) is 1.70. The van der Waals surface area contributed by atoms with Gasteiger partial charge < -0.3 is 5.32 Å². The predicted octanol–water partition coefficient (Wildman–Crippen LogP) is 2.33. The van der Waals surface area contributed by atoms with E-state index in [9.17, 15) is 18.5 Å². The van der Waals surface area contributed by atoms with E-state index < -0.39 is 14.9 Å². The quantitative estimate of drug-likeness (QED) is 0.447. The lowest BCUT2D eigenvalue weighted by molar-refractivity contribution is -0.383. The Bertz CT molecular complexity index is 607. The van der Waals surface area contributed by atoms with Crippen LogP contribution in [0.5, 0.6) is 0 Å². The third kappa shape index (κ3) is 5.49. The van der Waals surface area contributed by atoms with Crippen molar-refractivity contribution in [3.05, 3.63) is 33.3 Å². The van der Waals surface area contributed by atoms with Crippen LogP contribution in [0.15, 0.2) is 18.2 Å². The van der Waals surface area contributed by atoms with E-state index in [1.165, 1.54) is 16.4 Å². The minimum atomic E-state index is -3.21. The van der Waals surface area contributed by atoms with Crippen molar-refractivity contribution in [1.82, 2.24) is 4.31 Å². The lowest BCUT2D eigenvalue weighted by atomic mass is 10.2. The number of benzene rings is 1. The average molecular weight is 336 g/mol. The molecule has 0 radical (unpaired) electrons. The molecule has 21 heavy (non-hydrogen) atoms. The number of nitrogens with one attached hydrogen (secondary N) is 1. The van der Waals surface area contributed by atoms with Crippen LogP contribution in [0.2, 0.25) is 5.02 Å². The van der Waals surface area contributed by atoms with Crippen LogP contribution in [0, 0.1) is 10.1 Å². The van der Waals surface area contributed by atoms with Crippen molar-refractivity contribution >= 4 is 33.0 Å². The smallest absolute Gasteiger partial charge is 0.293 e. The zero-order valence-corrected chi connectivity index (χ0v) is 13.4. The van der Waals surface area contributed by atoms with Crippen LogP contribution in [0.1, 0.15) is 13.3 Å². The molecule has 0 fully saturated rings. The molecule has 1 rings (SSSR count). The van der Waals surface area contributed by atoms with Gasteiger partial charge in [-0.3, -0.25) is 10.1 Å². The minimum absolute atomic E-state index is 0.0991. The summed E-state index contributed by atoms with van der Waals surface area (Å²) in [5.74, 6) is 0. The molecule has 1 aromatic rings. The summed E-state index contributed by atoms with van der Waals surface area (Å²) in [6.45, 7) is 2.96. The highest BCUT2D eigenvalue weighted by molar-refractivity contribution is 7.88. The lowest BCUT2D eigenvalue weighted by Gasteiger charge is -2.17. The summed E-state index contributed by atoms with van der Waals surface area (Å²) in [6, 6.07) is 4.37. The fraction of sp³-hybridized carbons (Fsp3) is 0.500. The molecule has 0 spiro atoms. The molecule has 9 heteroatoms. The number of rotatable bonds is 8. The molecule has 0 aliphatic heterocycles. The molecule has 0 aliphatic carbocycles. The van der Waals surface area contributed by atoms with Crippen LogP contribution in [0.25, 0.3) is 0 Å². The van der Waals surface area contributed by atoms with E-state index in [1.54, 1.807) is 13.0 Å². The fourth-order valence-electron chi connectivity index (χ4n) is 1.84. The zero-order chi connectivity index (χ0) is 16.0. The van der Waals surface area contributed by atoms with Crippen LogP contribution in [0.3, 0.4) is 0 Å². The molecular weight excluding hydrogens is 318 g/mol. The van der Waals surface area contributed by atoms with E-state index in [0.717, 1.165) is 6.26 Å². The van der Waals surface area contributed by atoms with Gasteiger partial charge in [-0.15, -0.1) is 0 Å². The number of nitro benzene ring substituents is 1. The molecule has 118 valence electrons. The van der Waals surface area contributed by atoms with Crippen LogP contribution >= 0.6 is 11.6 Å². The molecule has 1 N–H and O–H groups in total. The van der Waals surface area contributed by atoms with Crippen LogP contribution in [-0.4, -0.2) is 43.5 Å². The first-order valence-electron chi connectivity index (χ1n) is 6.38. The van der Waals surface area contributed by atoms with E-state index in [1.807, 2.05) is 0 Å². The van der Waals surface area contributed by atoms with Crippen molar-refractivity contribution in [2.75, 3.05) is 31.2 Å². The maximum atomic E-state index is 11.4. The second-order valence-corrected chi connectivity index (χ2v) is 6.87. The summed E-state index contributed by atoms with van der Waals surface area (Å²) in [7, 11) is -3.21. The van der Waals surface area contributed by atoms with Gasteiger partial charge in [0.25, 0.3) is 5.69 Å². The maximum absolute atomic E-state index is 11.4. The number of nitrogens with zero attached hydrogens (tertiary/aromatic N) is 2. The first-order valence-corrected chi connectivity index (χ1v) is 8.61. The van der Waals surface area contributed by atoms with Crippen molar-refractivity contribution in [3.8, 4) is 0 Å². The van der Waals surface area contributed by atoms with Crippen molar-refractivity contribution in [1.29, 1.82) is 0 Å². The molecule has 1 aromatic carbocycles. The molecule has 0 saturated carbocycles. The largest absolute Gasteiger partial charge is 0.379 e. The number of nitro groups is 1. The number of hydrogen-bond donors (Lipinski definition) is 1. The normalized spacial score (nSPS) is 11.6. The highest BCUT2D eigenvalue weighted by Crippen LogP contribution is 2.27. The van der Waals surface area contributed by atoms with E-state index in [-0.39, 0.29) is 5.69 Å². The second kappa shape index (κ2) is 7.58. The van der Waals surface area contributed by atoms with Crippen molar-refractivity contribution < 1.29 is 13.3 Å². The summed E-state index contributed by atoms with van der Waals surface area (Å²) >= 11 is 5.73. The minimum Gasteiger partial charge on any atom is -0.379 e. The molecule has 0 aromatic heterocycles. The predicted molar refractivity (Wildman–Crippen MR) is 83.3 cm³/mol. The van der Waals surface area contributed by atoms with E-state index in [2.05, 4.69) is 5.32 Å². The van der Waals surface area contributed by atoms with Gasteiger partial charge in [0.15, 0.2) is 0 Å². The summed E-state index contributed by atoms with van der Waals surface area (Å²) in [4.78, 5) is 10.4. The molecule has 0 bridgehead atoms. The molecule has 0 unspecified atom stereocenters. The van der Waals surface area contributed by atoms with Crippen molar-refractivity contribution in [2.45, 2.75) is 13.3 Å². The van der Waals surface area contributed by atoms with Gasteiger partial charge in [0.05, 0.1) is 11.2 Å². The topological polar surface area (TPSA) is 92.5 Å². The Hall–Kier alpha value is -1.38. The molecule has 0 aliphatic rings. The zero-order valence-electron chi connectivity index (χ0n) is 11.9. The van der Waals surface area contributed by atoms with Gasteiger partial charge in [-0.2, -0.15) is 0 Å². The van der Waals surface area contributed by atoms with Gasteiger partial charge in [0.2, 0.25) is 10.0 Å². The number of hydrogen-bond acceptors (Lipinski definition) is 5. The van der Waals surface area contributed by atoms with Crippen LogP contribution in [0.4, 0.5) is 11.4 Å². The van der Waals surface area contributed by atoms with Gasteiger partial charge in [-0.1, -0.05) is 18.5 Å². The maximum Gasteiger partial charge on any atom is 0.293 e. The highest BCUT2D eigenvalue weighted by Gasteiger charge is 2.15. The van der Waals surface area contributed by atoms with E-state index >= 15 is 0 Å². The highest BCUT2D eigenvalue weighted by atomic mass is 35.5. The summed E-state index contributed by atoms with van der Waals surface area (Å²) in [5, 5.41) is 14.1. The Morgan fingerprint density at radius 3 is 2.62 bits per heavy atom. The van der Waals surface area contributed by atoms with Crippen molar-refractivity contribution in [3.63, 3.8) is 0 Å². The Morgan fingerprint density at radius 1 is 1.43 bits per heavy atom. The first kappa shape index (κ1) is 17.7. The van der Waals surface area contributed by atoms with Gasteiger partial charge in [0.1, 0.15) is 5.69 Å². The van der Waals surface area contributed by atoms with Gasteiger partial charge in [0, 0.05) is 30.7 Å². The van der Waals surface area contributed by atoms with Gasteiger partial charge in [-0.05, 0) is 18.6 Å². The first-order chi connectivity index (χ1) is 9.75. The van der Waals surface area contributed by atoms with Crippen molar-refractivity contribution in [2.24, 2.45) is 0 Å². The Balaban J connectivity index is 2.59. The Kier molecular flexibility index (Phi) is 6.38. The van der Waals surface area contributed by atoms with E-state index in [4.69, 9.17) is 11.6 Å². The standard InChI is InChI=1S/C12H18ClN3O4S/c1-3-15(21(2,19)20)8-4-7-14-11-6-5-10(13)9-12(11)16(17)18/h5-6,9,14H,3-4,7-8H2,1-2H3. The molecule has 0 saturated heterocycles. The Morgan fingerprint density at radius 2 is 2.10 bits per heavy atom. The number of anilines is 1. The third-order valence-corrected chi connectivity index (χ3v) is 4.49. The lowest BCUT2D eigenvalue weighted by Crippen LogP contribution is -2.31. The molecule has 7 nitrogen and oxygen atoms in total. The SMILES string of the molecule is CCN(CCCNc1ccc(Cl)cc1[N+](=O)[O-])S(C)(=O)=O. The fourth-order valence-corrected chi connectivity index (χ4v) is 2.94. The third-order valence-electron chi connectivity index (χ3n) is 2.88. The Labute approximate surface area is 129 Å². The number of sulfonamides is 1. The van der Waals surface area contributed by atoms with Gasteiger partial charge >= 0.3 is 0 Å². The van der Waals surface area contributed by atoms with E-state index in [0.29, 0.717) is 36.8 Å². The molecule has 0 atom stereocenters. The number of halogens is 1. The summed E-state index contributed by atoms with van der Waals surface area (Å²) < 4.78 is 24.2. The van der Waals surface area contributed by atoms with Crippen LogP contribution in [-0.2, 0) is 10.0 Å². The second-order valence-electron chi connectivity index (χ2n) is 4.45. The summed E-state index contributed by atoms with van der Waals surface area (Å²) in [5.41, 5.74) is 0.268. The average Bonchev–Trinajstić information content (AvgIpc) is 2.38. The molecule has 0 heterocycles. The molecular formula is C12H18ClN3O4S.